The molecule has 7 heteroatoms. The van der Waals surface area contributed by atoms with E-state index in [1.807, 2.05) is 18.9 Å². The third kappa shape index (κ3) is 2.30. The molecule has 1 aliphatic rings. The van der Waals surface area contributed by atoms with Crippen molar-refractivity contribution < 1.29 is 4.74 Å². The molecule has 88 valence electrons. The molecule has 1 aromatic rings. The summed E-state index contributed by atoms with van der Waals surface area (Å²) in [4.78, 5) is 14.4. The second-order valence-electron chi connectivity index (χ2n) is 3.66. The van der Waals surface area contributed by atoms with Gasteiger partial charge in [-0.3, -0.25) is 5.43 Å². The minimum Gasteiger partial charge on any atom is -0.464 e. The topological polar surface area (TPSA) is 89.2 Å². The summed E-state index contributed by atoms with van der Waals surface area (Å²) in [5.74, 6) is 6.21. The summed E-state index contributed by atoms with van der Waals surface area (Å²) in [5, 5.41) is 0. The van der Waals surface area contributed by atoms with E-state index in [1.54, 1.807) is 0 Å². The average Bonchev–Trinajstić information content (AvgIpc) is 3.12. The summed E-state index contributed by atoms with van der Waals surface area (Å²) < 4.78 is 5.25. The lowest BCUT2D eigenvalue weighted by molar-refractivity contribution is 0.312. The molecule has 0 aromatic carbocycles. The molecule has 0 saturated heterocycles. The first kappa shape index (κ1) is 10.9. The second kappa shape index (κ2) is 4.48. The zero-order valence-electron chi connectivity index (χ0n) is 9.47. The Balaban J connectivity index is 2.24. The van der Waals surface area contributed by atoms with Crippen molar-refractivity contribution in [1.29, 1.82) is 0 Å². The minimum absolute atomic E-state index is 0.299. The lowest BCUT2D eigenvalue weighted by Crippen LogP contribution is -2.24. The summed E-state index contributed by atoms with van der Waals surface area (Å²) in [5.41, 5.74) is 2.41. The molecule has 1 aliphatic carbocycles. The van der Waals surface area contributed by atoms with Crippen LogP contribution in [0.1, 0.15) is 19.8 Å². The molecule has 7 nitrogen and oxygen atoms in total. The molecule has 2 rings (SSSR count). The van der Waals surface area contributed by atoms with Crippen molar-refractivity contribution in [2.75, 3.05) is 24.0 Å². The van der Waals surface area contributed by atoms with Crippen LogP contribution in [-0.2, 0) is 0 Å². The molecular weight excluding hydrogens is 208 g/mol. The van der Waals surface area contributed by atoms with E-state index in [9.17, 15) is 0 Å². The number of hydrogen-bond donors (Lipinski definition) is 2. The number of aromatic nitrogens is 3. The van der Waals surface area contributed by atoms with Gasteiger partial charge in [0, 0.05) is 13.1 Å². The second-order valence-corrected chi connectivity index (χ2v) is 3.66. The van der Waals surface area contributed by atoms with E-state index in [1.165, 1.54) is 12.8 Å². The molecule has 1 heterocycles. The van der Waals surface area contributed by atoms with Crippen molar-refractivity contribution in [1.82, 2.24) is 15.0 Å². The normalized spacial score (nSPS) is 14.7. The van der Waals surface area contributed by atoms with Crippen molar-refractivity contribution in [3.05, 3.63) is 0 Å². The minimum atomic E-state index is 0.299. The number of nitrogen functional groups attached to an aromatic ring is 1. The Hall–Kier alpha value is -1.63. The molecule has 16 heavy (non-hydrogen) atoms. The molecule has 0 atom stereocenters. The Morgan fingerprint density at radius 1 is 1.44 bits per heavy atom. The Morgan fingerprint density at radius 2 is 2.19 bits per heavy atom. The molecule has 0 radical (unpaired) electrons. The van der Waals surface area contributed by atoms with Gasteiger partial charge in [0.1, 0.15) is 0 Å². The van der Waals surface area contributed by atoms with Gasteiger partial charge in [0.25, 0.3) is 0 Å². The molecule has 1 fully saturated rings. The summed E-state index contributed by atoms with van der Waals surface area (Å²) >= 11 is 0. The monoisotopic (exact) mass is 224 g/mol. The van der Waals surface area contributed by atoms with Gasteiger partial charge >= 0.3 is 6.01 Å². The fourth-order valence-corrected chi connectivity index (χ4v) is 1.39. The van der Waals surface area contributed by atoms with Gasteiger partial charge in [-0.25, -0.2) is 5.84 Å². The maximum Gasteiger partial charge on any atom is 0.323 e. The molecular formula is C9H16N6O. The van der Waals surface area contributed by atoms with Gasteiger partial charge in [-0.1, -0.05) is 0 Å². The highest BCUT2D eigenvalue weighted by atomic mass is 16.5. The number of nitrogens with zero attached hydrogens (tertiary/aromatic N) is 4. The largest absolute Gasteiger partial charge is 0.464 e. The number of ether oxygens (including phenoxy) is 1. The van der Waals surface area contributed by atoms with Gasteiger partial charge in [-0.2, -0.15) is 15.0 Å². The number of nitrogens with two attached hydrogens (primary N) is 1. The SMILES string of the molecule is CCOc1nc(NN)nc(N(C)C2CC2)n1. The number of anilines is 2. The maximum absolute atomic E-state index is 5.30. The predicted octanol–water partition coefficient (Wildman–Crippen LogP) is 0.154. The Kier molecular flexibility index (Phi) is 3.04. The smallest absolute Gasteiger partial charge is 0.323 e. The van der Waals surface area contributed by atoms with Crippen molar-refractivity contribution >= 4 is 11.9 Å². The van der Waals surface area contributed by atoms with Crippen molar-refractivity contribution in [3.8, 4) is 6.01 Å². The van der Waals surface area contributed by atoms with Gasteiger partial charge in [0.05, 0.1) is 6.61 Å². The maximum atomic E-state index is 5.30. The lowest BCUT2D eigenvalue weighted by atomic mass is 10.6. The van der Waals surface area contributed by atoms with Crippen LogP contribution in [0.25, 0.3) is 0 Å². The first-order chi connectivity index (χ1) is 7.74. The fourth-order valence-electron chi connectivity index (χ4n) is 1.39. The van der Waals surface area contributed by atoms with Crippen LogP contribution < -0.4 is 20.9 Å². The van der Waals surface area contributed by atoms with E-state index in [2.05, 4.69) is 20.4 Å². The summed E-state index contributed by atoms with van der Waals surface area (Å²) in [7, 11) is 1.96. The zero-order chi connectivity index (χ0) is 11.5. The first-order valence-electron chi connectivity index (χ1n) is 5.33. The van der Waals surface area contributed by atoms with Crippen LogP contribution in [0, 0.1) is 0 Å². The molecule has 0 spiro atoms. The molecule has 3 N–H and O–H groups in total. The number of nitrogens with one attached hydrogen (secondary N) is 1. The number of rotatable bonds is 5. The quantitative estimate of drug-likeness (QED) is 0.543. The summed E-state index contributed by atoms with van der Waals surface area (Å²) in [6.07, 6.45) is 2.36. The van der Waals surface area contributed by atoms with Crippen molar-refractivity contribution in [2.45, 2.75) is 25.8 Å². The van der Waals surface area contributed by atoms with E-state index < -0.39 is 0 Å². The van der Waals surface area contributed by atoms with Crippen LogP contribution in [-0.4, -0.2) is 34.6 Å². The van der Waals surface area contributed by atoms with Gasteiger partial charge in [0.15, 0.2) is 0 Å². The highest BCUT2D eigenvalue weighted by Gasteiger charge is 2.28. The third-order valence-electron chi connectivity index (χ3n) is 2.42. The van der Waals surface area contributed by atoms with Crippen LogP contribution in [0.15, 0.2) is 0 Å². The Labute approximate surface area is 94.0 Å². The molecule has 0 unspecified atom stereocenters. The van der Waals surface area contributed by atoms with E-state index in [-0.39, 0.29) is 0 Å². The van der Waals surface area contributed by atoms with E-state index in [4.69, 9.17) is 10.6 Å². The van der Waals surface area contributed by atoms with E-state index in [0.29, 0.717) is 30.6 Å². The van der Waals surface area contributed by atoms with E-state index >= 15 is 0 Å². The highest BCUT2D eigenvalue weighted by molar-refractivity contribution is 5.39. The molecule has 0 amide bonds. The van der Waals surface area contributed by atoms with Crippen LogP contribution in [0.5, 0.6) is 6.01 Å². The Bertz CT molecular complexity index is 367. The lowest BCUT2D eigenvalue weighted by Gasteiger charge is -2.16. The van der Waals surface area contributed by atoms with Crippen LogP contribution >= 0.6 is 0 Å². The predicted molar refractivity (Wildman–Crippen MR) is 60.2 cm³/mol. The fraction of sp³-hybridized carbons (Fsp3) is 0.667. The first-order valence-corrected chi connectivity index (χ1v) is 5.33. The van der Waals surface area contributed by atoms with Gasteiger partial charge in [-0.05, 0) is 19.8 Å². The number of hydrazine groups is 1. The zero-order valence-corrected chi connectivity index (χ0v) is 9.47. The number of hydrogen-bond acceptors (Lipinski definition) is 7. The van der Waals surface area contributed by atoms with Crippen LogP contribution in [0.4, 0.5) is 11.9 Å². The average molecular weight is 224 g/mol. The van der Waals surface area contributed by atoms with Gasteiger partial charge < -0.3 is 9.64 Å². The van der Waals surface area contributed by atoms with Gasteiger partial charge in [0.2, 0.25) is 11.9 Å². The van der Waals surface area contributed by atoms with Crippen LogP contribution in [0.2, 0.25) is 0 Å². The molecule has 0 bridgehead atoms. The third-order valence-corrected chi connectivity index (χ3v) is 2.42. The molecule has 0 aliphatic heterocycles. The molecule has 1 saturated carbocycles. The summed E-state index contributed by atoms with van der Waals surface area (Å²) in [6, 6.07) is 0.829. The van der Waals surface area contributed by atoms with Crippen LogP contribution in [0.3, 0.4) is 0 Å². The van der Waals surface area contributed by atoms with Crippen molar-refractivity contribution in [2.24, 2.45) is 5.84 Å². The van der Waals surface area contributed by atoms with Crippen molar-refractivity contribution in [3.63, 3.8) is 0 Å². The molecule has 1 aromatic heterocycles. The van der Waals surface area contributed by atoms with Gasteiger partial charge in [-0.15, -0.1) is 0 Å². The standard InChI is InChI=1S/C9H16N6O/c1-3-16-9-12-7(14-10)11-8(13-9)15(2)6-4-5-6/h6H,3-5,10H2,1-2H3,(H,11,12,13,14). The van der Waals surface area contributed by atoms with E-state index in [0.717, 1.165) is 0 Å². The highest BCUT2D eigenvalue weighted by Crippen LogP contribution is 2.28. The Morgan fingerprint density at radius 3 is 2.75 bits per heavy atom. The summed E-state index contributed by atoms with van der Waals surface area (Å²) in [6.45, 7) is 2.39.